The van der Waals surface area contributed by atoms with E-state index in [0.29, 0.717) is 0 Å². The number of hydrogen-bond donors (Lipinski definition) is 0. The molecule has 1 aliphatic carbocycles. The van der Waals surface area contributed by atoms with Crippen molar-refractivity contribution in [1.29, 1.82) is 0 Å². The Labute approximate surface area is 221 Å². The average Bonchev–Trinajstić information content (AvgIpc) is 2.85. The van der Waals surface area contributed by atoms with Crippen molar-refractivity contribution >= 4 is 23.9 Å². The van der Waals surface area contributed by atoms with E-state index < -0.39 is 60.5 Å². The molecule has 0 saturated heterocycles. The molecule has 0 bridgehead atoms. The molecule has 2 aromatic carbocycles. The monoisotopic (exact) mass is 528 g/mol. The third-order valence-electron chi connectivity index (χ3n) is 5.72. The molecule has 0 spiro atoms. The molecule has 204 valence electrons. The predicted molar refractivity (Wildman–Crippen MR) is 132 cm³/mol. The van der Waals surface area contributed by atoms with Gasteiger partial charge in [-0.3, -0.25) is 19.2 Å². The highest BCUT2D eigenvalue weighted by Gasteiger charge is 2.58. The summed E-state index contributed by atoms with van der Waals surface area (Å²) < 4.78 is 34.7. The van der Waals surface area contributed by atoms with E-state index in [0.717, 1.165) is 11.1 Å². The third kappa shape index (κ3) is 8.12. The second kappa shape index (κ2) is 13.7. The Morgan fingerprint density at radius 1 is 0.474 bits per heavy atom. The van der Waals surface area contributed by atoms with Crippen LogP contribution in [-0.4, -0.2) is 60.5 Å². The second-order valence-electron chi connectivity index (χ2n) is 8.82. The van der Waals surface area contributed by atoms with Crippen LogP contribution < -0.4 is 0 Å². The van der Waals surface area contributed by atoms with Crippen LogP contribution in [0.5, 0.6) is 0 Å². The summed E-state index contributed by atoms with van der Waals surface area (Å²) in [5.41, 5.74) is 1.59. The van der Waals surface area contributed by atoms with E-state index in [1.54, 1.807) is 0 Å². The van der Waals surface area contributed by atoms with Crippen LogP contribution in [0.2, 0.25) is 0 Å². The molecule has 2 aromatic rings. The van der Waals surface area contributed by atoms with Gasteiger partial charge in [-0.05, 0) is 11.1 Å². The predicted octanol–water partition coefficient (Wildman–Crippen LogP) is 2.90. The number of esters is 4. The highest BCUT2D eigenvalue weighted by atomic mass is 16.7. The van der Waals surface area contributed by atoms with Gasteiger partial charge in [-0.2, -0.15) is 0 Å². The molecule has 0 N–H and O–H groups in total. The van der Waals surface area contributed by atoms with E-state index in [4.69, 9.17) is 28.4 Å². The first-order valence-corrected chi connectivity index (χ1v) is 12.2. The largest absolute Gasteiger partial charge is 0.457 e. The maximum absolute atomic E-state index is 12.2. The zero-order chi connectivity index (χ0) is 27.7. The summed E-state index contributed by atoms with van der Waals surface area (Å²) in [7, 11) is 0. The highest BCUT2D eigenvalue weighted by molar-refractivity contribution is 5.69. The summed E-state index contributed by atoms with van der Waals surface area (Å²) in [5.74, 6) is -2.77. The highest BCUT2D eigenvalue weighted by Crippen LogP contribution is 2.35. The minimum absolute atomic E-state index is 0.0530. The first kappa shape index (κ1) is 28.8. The molecule has 38 heavy (non-hydrogen) atoms. The molecule has 1 fully saturated rings. The van der Waals surface area contributed by atoms with E-state index in [-0.39, 0.29) is 13.2 Å². The third-order valence-corrected chi connectivity index (χ3v) is 5.72. The SMILES string of the molecule is CC(=O)OC1[C@@H](OCc2ccccc2)[C@@H](OC(C)=O)C(OC(C)=O)[C@@H](OC(C)=O)[C@H]1OCc1ccccc1. The molecule has 0 aliphatic heterocycles. The van der Waals surface area contributed by atoms with Crippen molar-refractivity contribution in [3.8, 4) is 0 Å². The Kier molecular flexibility index (Phi) is 10.4. The van der Waals surface area contributed by atoms with Crippen molar-refractivity contribution in [3.63, 3.8) is 0 Å². The van der Waals surface area contributed by atoms with Gasteiger partial charge in [0.15, 0.2) is 24.4 Å². The zero-order valence-corrected chi connectivity index (χ0v) is 21.7. The van der Waals surface area contributed by atoms with Crippen molar-refractivity contribution in [2.24, 2.45) is 0 Å². The lowest BCUT2D eigenvalue weighted by Crippen LogP contribution is -2.68. The molecule has 10 heteroatoms. The number of hydrogen-bond acceptors (Lipinski definition) is 10. The maximum Gasteiger partial charge on any atom is 0.303 e. The van der Waals surface area contributed by atoms with Crippen molar-refractivity contribution in [3.05, 3.63) is 71.8 Å². The Morgan fingerprint density at radius 2 is 0.737 bits per heavy atom. The van der Waals surface area contributed by atoms with Crippen LogP contribution in [0.1, 0.15) is 38.8 Å². The lowest BCUT2D eigenvalue weighted by Gasteiger charge is -2.47. The van der Waals surface area contributed by atoms with Crippen molar-refractivity contribution < 1.29 is 47.6 Å². The molecule has 10 nitrogen and oxygen atoms in total. The molecule has 1 aliphatic rings. The first-order valence-electron chi connectivity index (χ1n) is 12.2. The molecule has 0 heterocycles. The van der Waals surface area contributed by atoms with Gasteiger partial charge in [-0.15, -0.1) is 0 Å². The molecule has 0 radical (unpaired) electrons. The van der Waals surface area contributed by atoms with Gasteiger partial charge in [0.2, 0.25) is 0 Å². The number of carbonyl (C=O) groups excluding carboxylic acids is 4. The van der Waals surface area contributed by atoms with Gasteiger partial charge in [-0.1, -0.05) is 60.7 Å². The molecule has 2 unspecified atom stereocenters. The van der Waals surface area contributed by atoms with Gasteiger partial charge >= 0.3 is 23.9 Å². The summed E-state index contributed by atoms with van der Waals surface area (Å²) in [4.78, 5) is 48.7. The minimum atomic E-state index is -1.31. The van der Waals surface area contributed by atoms with Gasteiger partial charge < -0.3 is 28.4 Å². The van der Waals surface area contributed by atoms with Gasteiger partial charge in [0, 0.05) is 27.7 Å². The topological polar surface area (TPSA) is 124 Å². The number of ether oxygens (including phenoxy) is 6. The summed E-state index contributed by atoms with van der Waals surface area (Å²) in [5, 5.41) is 0. The lowest BCUT2D eigenvalue weighted by atomic mass is 9.83. The van der Waals surface area contributed by atoms with E-state index in [1.165, 1.54) is 27.7 Å². The molecule has 6 atom stereocenters. The van der Waals surface area contributed by atoms with Crippen molar-refractivity contribution in [1.82, 2.24) is 0 Å². The fourth-order valence-corrected chi connectivity index (χ4v) is 4.34. The fourth-order valence-electron chi connectivity index (χ4n) is 4.34. The number of rotatable bonds is 10. The standard InChI is InChI=1S/C28H32O10/c1-17(29)35-25-23(33-15-21-11-7-5-8-12-21)26(36-18(2)30)28(38-20(4)32)27(37-19(3)31)24(25)34-16-22-13-9-6-10-14-22/h5-14,23-28H,15-16H2,1-4H3/t23-,24+,25?,26-,27+,28?. The minimum Gasteiger partial charge on any atom is -0.457 e. The Hall–Kier alpha value is -3.76. The first-order chi connectivity index (χ1) is 18.2. The fraction of sp³-hybridized carbons (Fsp3) is 0.429. The smallest absolute Gasteiger partial charge is 0.303 e. The molecular formula is C28H32O10. The van der Waals surface area contributed by atoms with E-state index in [1.807, 2.05) is 60.7 Å². The van der Waals surface area contributed by atoms with Crippen LogP contribution in [0.3, 0.4) is 0 Å². The molecule has 3 rings (SSSR count). The quantitative estimate of drug-likeness (QED) is 0.336. The van der Waals surface area contributed by atoms with Crippen LogP contribution in [0.4, 0.5) is 0 Å². The van der Waals surface area contributed by atoms with Gasteiger partial charge in [0.1, 0.15) is 12.2 Å². The lowest BCUT2D eigenvalue weighted by molar-refractivity contribution is -0.268. The van der Waals surface area contributed by atoms with Crippen molar-refractivity contribution in [2.45, 2.75) is 77.5 Å². The maximum atomic E-state index is 12.2. The van der Waals surface area contributed by atoms with E-state index in [9.17, 15) is 19.2 Å². The van der Waals surface area contributed by atoms with Crippen LogP contribution in [0.25, 0.3) is 0 Å². The van der Waals surface area contributed by atoms with Crippen LogP contribution in [-0.2, 0) is 60.8 Å². The Morgan fingerprint density at radius 3 is 1.03 bits per heavy atom. The zero-order valence-electron chi connectivity index (χ0n) is 21.7. The number of carbonyl (C=O) groups is 4. The number of benzene rings is 2. The van der Waals surface area contributed by atoms with E-state index in [2.05, 4.69) is 0 Å². The molecule has 1 saturated carbocycles. The second-order valence-corrected chi connectivity index (χ2v) is 8.82. The van der Waals surface area contributed by atoms with Crippen LogP contribution >= 0.6 is 0 Å². The summed E-state index contributed by atoms with van der Waals surface area (Å²) in [6, 6.07) is 18.3. The van der Waals surface area contributed by atoms with Crippen LogP contribution in [0.15, 0.2) is 60.7 Å². The summed E-state index contributed by atoms with van der Waals surface area (Å²) in [6.45, 7) is 4.85. The molecular weight excluding hydrogens is 496 g/mol. The average molecular weight is 529 g/mol. The normalized spacial score (nSPS) is 24.6. The summed E-state index contributed by atoms with van der Waals surface area (Å²) in [6.07, 6.45) is -7.36. The van der Waals surface area contributed by atoms with Gasteiger partial charge in [0.05, 0.1) is 13.2 Å². The summed E-state index contributed by atoms with van der Waals surface area (Å²) >= 11 is 0. The van der Waals surface area contributed by atoms with Gasteiger partial charge in [-0.25, -0.2) is 0 Å². The van der Waals surface area contributed by atoms with E-state index >= 15 is 0 Å². The molecule has 0 amide bonds. The van der Waals surface area contributed by atoms with Crippen LogP contribution in [0, 0.1) is 0 Å². The molecule has 0 aromatic heterocycles. The Balaban J connectivity index is 2.07. The van der Waals surface area contributed by atoms with Gasteiger partial charge in [0.25, 0.3) is 0 Å². The Bertz CT molecular complexity index is 1020. The van der Waals surface area contributed by atoms with Crippen molar-refractivity contribution in [2.75, 3.05) is 0 Å².